The second kappa shape index (κ2) is 12.8. The summed E-state index contributed by atoms with van der Waals surface area (Å²) >= 11 is 0. The maximum absolute atomic E-state index is 12.4. The summed E-state index contributed by atoms with van der Waals surface area (Å²) in [5, 5.41) is 11.3. The van der Waals surface area contributed by atoms with E-state index in [4.69, 9.17) is 9.63 Å². The molecule has 0 aromatic heterocycles. The second-order valence-electron chi connectivity index (χ2n) is 6.72. The van der Waals surface area contributed by atoms with Crippen molar-refractivity contribution < 1.29 is 23.8 Å². The molecule has 0 aliphatic heterocycles. The molecule has 2 rings (SSSR count). The zero-order valence-corrected chi connectivity index (χ0v) is 17.2. The molecule has 0 bridgehead atoms. The summed E-state index contributed by atoms with van der Waals surface area (Å²) in [6, 6.07) is 19.4. The molecular formula is C22H27NO5P+. The second-order valence-corrected chi connectivity index (χ2v) is 8.04. The predicted octanol–water partition coefficient (Wildman–Crippen LogP) is 3.97. The number of unbranched alkanes of at least 4 members (excludes halogenated alkanes) is 1. The van der Waals surface area contributed by atoms with Gasteiger partial charge in [-0.1, -0.05) is 60.7 Å². The van der Waals surface area contributed by atoms with Gasteiger partial charge < -0.3 is 10.4 Å². The molecule has 0 saturated heterocycles. The highest BCUT2D eigenvalue weighted by atomic mass is 31.1. The Hall–Kier alpha value is -2.56. The Bertz CT molecular complexity index is 782. The van der Waals surface area contributed by atoms with Crippen LogP contribution in [0.2, 0.25) is 0 Å². The van der Waals surface area contributed by atoms with Gasteiger partial charge in [0.1, 0.15) is 0 Å². The Morgan fingerprint density at radius 1 is 0.966 bits per heavy atom. The number of rotatable bonds is 13. The van der Waals surface area contributed by atoms with Crippen LogP contribution in [0.1, 0.15) is 30.4 Å². The van der Waals surface area contributed by atoms with E-state index in [1.54, 1.807) is 0 Å². The minimum Gasteiger partial charge on any atom is -0.481 e. The van der Waals surface area contributed by atoms with Gasteiger partial charge in [0, 0.05) is 13.0 Å². The molecule has 1 unspecified atom stereocenters. The standard InChI is InChI=1S/C22H26NO5P/c24-21(25)14-15-23-22(26)20(17-19-12-5-2-6-13-19)28-29(27)16-8-7-11-18-9-3-1-4-10-18/h1-6,9-10,12-13,20H,7-8,11,14-17H2,(H-,23,24,25,26)/p+1/t20-/m0/s1. The van der Waals surface area contributed by atoms with Gasteiger partial charge >= 0.3 is 14.0 Å². The van der Waals surface area contributed by atoms with E-state index < -0.39 is 26.0 Å². The van der Waals surface area contributed by atoms with Crippen LogP contribution in [0, 0.1) is 0 Å². The Balaban J connectivity index is 1.83. The number of nitrogens with one attached hydrogen (secondary N) is 1. The lowest BCUT2D eigenvalue weighted by Crippen LogP contribution is -2.38. The molecule has 29 heavy (non-hydrogen) atoms. The van der Waals surface area contributed by atoms with Crippen molar-refractivity contribution in [3.63, 3.8) is 0 Å². The molecule has 2 aromatic rings. The molecule has 0 heterocycles. The van der Waals surface area contributed by atoms with Crippen molar-refractivity contribution in [1.29, 1.82) is 0 Å². The Kier molecular flexibility index (Phi) is 10.0. The molecule has 1 amide bonds. The summed E-state index contributed by atoms with van der Waals surface area (Å²) in [7, 11) is -1.98. The fourth-order valence-corrected chi connectivity index (χ4v) is 3.86. The van der Waals surface area contributed by atoms with Crippen LogP contribution in [0.3, 0.4) is 0 Å². The van der Waals surface area contributed by atoms with Gasteiger partial charge in [-0.05, 0) is 35.0 Å². The molecule has 0 fully saturated rings. The minimum atomic E-state index is -1.98. The summed E-state index contributed by atoms with van der Waals surface area (Å²) in [5.74, 6) is -1.43. The largest absolute Gasteiger partial charge is 0.508 e. The van der Waals surface area contributed by atoms with Gasteiger partial charge in [0.05, 0.1) is 6.42 Å². The lowest BCUT2D eigenvalue weighted by molar-refractivity contribution is -0.137. The van der Waals surface area contributed by atoms with Gasteiger partial charge in [-0.15, -0.1) is 4.52 Å². The summed E-state index contributed by atoms with van der Waals surface area (Å²) in [4.78, 5) is 23.1. The van der Waals surface area contributed by atoms with Gasteiger partial charge in [0.15, 0.2) is 12.3 Å². The Morgan fingerprint density at radius 3 is 2.21 bits per heavy atom. The Morgan fingerprint density at radius 2 is 1.59 bits per heavy atom. The van der Waals surface area contributed by atoms with Crippen LogP contribution in [0.15, 0.2) is 60.7 Å². The number of hydrogen-bond donors (Lipinski definition) is 2. The van der Waals surface area contributed by atoms with Crippen molar-refractivity contribution in [2.75, 3.05) is 12.7 Å². The first-order chi connectivity index (χ1) is 14.0. The first-order valence-electron chi connectivity index (χ1n) is 9.73. The third-order valence-electron chi connectivity index (χ3n) is 4.34. The third-order valence-corrected chi connectivity index (χ3v) is 5.51. The molecular weight excluding hydrogens is 389 g/mol. The number of carbonyl (C=O) groups is 2. The maximum Gasteiger partial charge on any atom is 0.508 e. The van der Waals surface area contributed by atoms with Crippen molar-refractivity contribution in [3.05, 3.63) is 71.8 Å². The lowest BCUT2D eigenvalue weighted by Gasteiger charge is -2.12. The van der Waals surface area contributed by atoms with Crippen LogP contribution in [-0.4, -0.2) is 35.8 Å². The van der Waals surface area contributed by atoms with E-state index in [9.17, 15) is 14.2 Å². The van der Waals surface area contributed by atoms with Crippen molar-refractivity contribution in [2.45, 2.75) is 38.2 Å². The van der Waals surface area contributed by atoms with Crippen molar-refractivity contribution >= 4 is 19.9 Å². The first kappa shape index (κ1) is 22.7. The number of carboxylic acid groups (broad SMARTS) is 1. The van der Waals surface area contributed by atoms with Crippen LogP contribution in [0.5, 0.6) is 0 Å². The minimum absolute atomic E-state index is 0.0106. The van der Waals surface area contributed by atoms with Gasteiger partial charge in [-0.2, -0.15) is 0 Å². The van der Waals surface area contributed by atoms with Crippen LogP contribution in [0.4, 0.5) is 0 Å². The van der Waals surface area contributed by atoms with Gasteiger partial charge in [0.25, 0.3) is 5.91 Å². The Labute approximate surface area is 172 Å². The number of carbonyl (C=O) groups excluding carboxylic acids is 1. The summed E-state index contributed by atoms with van der Waals surface area (Å²) < 4.78 is 18.0. The van der Waals surface area contributed by atoms with Gasteiger partial charge in [-0.3, -0.25) is 9.59 Å². The van der Waals surface area contributed by atoms with E-state index in [1.807, 2.05) is 48.5 Å². The highest BCUT2D eigenvalue weighted by molar-refractivity contribution is 7.39. The van der Waals surface area contributed by atoms with E-state index in [-0.39, 0.29) is 19.4 Å². The van der Waals surface area contributed by atoms with E-state index in [0.29, 0.717) is 6.16 Å². The molecule has 2 N–H and O–H groups in total. The molecule has 0 spiro atoms. The molecule has 7 heteroatoms. The maximum atomic E-state index is 12.4. The SMILES string of the molecule is O=C(O)CCNC(=O)[C@H](Cc1ccccc1)O[P+](=O)CCCCc1ccccc1. The van der Waals surface area contributed by atoms with Crippen LogP contribution in [0.25, 0.3) is 0 Å². The average molecular weight is 416 g/mol. The lowest BCUT2D eigenvalue weighted by atomic mass is 10.1. The van der Waals surface area contributed by atoms with Crippen LogP contribution < -0.4 is 5.32 Å². The number of benzene rings is 2. The van der Waals surface area contributed by atoms with Crippen LogP contribution in [-0.2, 0) is 31.5 Å². The molecule has 6 nitrogen and oxygen atoms in total. The summed E-state index contributed by atoms with van der Waals surface area (Å²) in [6.07, 6.45) is 2.12. The summed E-state index contributed by atoms with van der Waals surface area (Å²) in [6.45, 7) is 0.0106. The molecule has 0 saturated carbocycles. The zero-order chi connectivity index (χ0) is 20.9. The fourth-order valence-electron chi connectivity index (χ4n) is 2.82. The van der Waals surface area contributed by atoms with E-state index in [1.165, 1.54) is 5.56 Å². The van der Waals surface area contributed by atoms with E-state index >= 15 is 0 Å². The van der Waals surface area contributed by atoms with Gasteiger partial charge in [-0.25, -0.2) is 0 Å². The highest BCUT2D eigenvalue weighted by Gasteiger charge is 2.30. The normalized spacial score (nSPS) is 12.2. The van der Waals surface area contributed by atoms with Crippen LogP contribution >= 0.6 is 8.03 Å². The molecule has 154 valence electrons. The molecule has 0 aliphatic rings. The first-order valence-corrected chi connectivity index (χ1v) is 11.1. The fraction of sp³-hybridized carbons (Fsp3) is 0.364. The number of amides is 1. The van der Waals surface area contributed by atoms with Crippen molar-refractivity contribution in [3.8, 4) is 0 Å². The molecule has 2 atom stereocenters. The third kappa shape index (κ3) is 9.46. The number of hydrogen-bond acceptors (Lipinski definition) is 4. The smallest absolute Gasteiger partial charge is 0.481 e. The molecule has 2 aromatic carbocycles. The van der Waals surface area contributed by atoms with E-state index in [2.05, 4.69) is 17.4 Å². The highest BCUT2D eigenvalue weighted by Crippen LogP contribution is 2.28. The quantitative estimate of drug-likeness (QED) is 0.381. The monoisotopic (exact) mass is 416 g/mol. The zero-order valence-electron chi connectivity index (χ0n) is 16.3. The average Bonchev–Trinajstić information content (AvgIpc) is 2.72. The predicted molar refractivity (Wildman–Crippen MR) is 112 cm³/mol. The summed E-state index contributed by atoms with van der Waals surface area (Å²) in [5.41, 5.74) is 2.13. The van der Waals surface area contributed by atoms with Crippen molar-refractivity contribution in [1.82, 2.24) is 5.32 Å². The molecule has 0 aliphatic carbocycles. The molecule has 0 radical (unpaired) electrons. The topological polar surface area (TPSA) is 92.7 Å². The van der Waals surface area contributed by atoms with E-state index in [0.717, 1.165) is 24.8 Å². The van der Waals surface area contributed by atoms with Gasteiger partial charge in [0.2, 0.25) is 0 Å². The number of aliphatic carboxylic acids is 1. The number of aryl methyl sites for hydroxylation is 1. The van der Waals surface area contributed by atoms with Crippen molar-refractivity contribution in [2.24, 2.45) is 0 Å². The number of carboxylic acids is 1.